The van der Waals surface area contributed by atoms with Crippen molar-refractivity contribution in [2.45, 2.75) is 79.8 Å². The lowest BCUT2D eigenvalue weighted by Crippen LogP contribution is -2.12. The Labute approximate surface area is 119 Å². The smallest absolute Gasteiger partial charge is 0.147 e. The van der Waals surface area contributed by atoms with Gasteiger partial charge >= 0.3 is 0 Å². The fourth-order valence-electron chi connectivity index (χ4n) is 0.879. The molecule has 0 fully saturated rings. The summed E-state index contributed by atoms with van der Waals surface area (Å²) in [6.45, 7) is 17.9. The van der Waals surface area contributed by atoms with Crippen LogP contribution in [-0.4, -0.2) is 44.4 Å². The highest BCUT2D eigenvalue weighted by Gasteiger charge is 1.95. The maximum atomic E-state index is 5.27. The Hall–Kier alpha value is -0.160. The highest BCUT2D eigenvalue weighted by Crippen LogP contribution is 1.92. The second-order valence-corrected chi connectivity index (χ2v) is 5.39. The van der Waals surface area contributed by atoms with Crippen LogP contribution in [0.2, 0.25) is 0 Å². The number of hydrogen-bond acceptors (Lipinski definition) is 4. The van der Waals surface area contributed by atoms with Gasteiger partial charge in [0.1, 0.15) is 6.79 Å². The molecule has 0 aromatic rings. The molecular formula is C15H34O4. The van der Waals surface area contributed by atoms with Gasteiger partial charge in [0.15, 0.2) is 0 Å². The Bertz CT molecular complexity index is 150. The van der Waals surface area contributed by atoms with Crippen LogP contribution in [0, 0.1) is 0 Å². The average Bonchev–Trinajstić information content (AvgIpc) is 2.23. The van der Waals surface area contributed by atoms with Crippen LogP contribution in [0.25, 0.3) is 0 Å². The third-order valence-corrected chi connectivity index (χ3v) is 1.79. The summed E-state index contributed by atoms with van der Waals surface area (Å²) in [6, 6.07) is 0. The van der Waals surface area contributed by atoms with Crippen molar-refractivity contribution in [3.8, 4) is 0 Å². The summed E-state index contributed by atoms with van der Waals surface area (Å²) in [5.41, 5.74) is 0. The second kappa shape index (κ2) is 14.3. The van der Waals surface area contributed by atoms with Crippen molar-refractivity contribution in [1.29, 1.82) is 0 Å². The molecule has 0 aromatic carbocycles. The Balaban J connectivity index is 0. The van der Waals surface area contributed by atoms with Gasteiger partial charge in [0, 0.05) is 0 Å². The maximum absolute atomic E-state index is 5.27. The van der Waals surface area contributed by atoms with Crippen molar-refractivity contribution in [3.63, 3.8) is 0 Å². The third-order valence-electron chi connectivity index (χ3n) is 1.79. The highest BCUT2D eigenvalue weighted by atomic mass is 16.7. The first-order valence-corrected chi connectivity index (χ1v) is 7.22. The lowest BCUT2D eigenvalue weighted by Gasteiger charge is -2.09. The number of ether oxygens (including phenoxy) is 4. The average molecular weight is 278 g/mol. The first kappa shape index (κ1) is 21.1. The van der Waals surface area contributed by atoms with Crippen LogP contribution in [0.15, 0.2) is 0 Å². The first-order chi connectivity index (χ1) is 8.75. The minimum atomic E-state index is 0.267. The zero-order chi connectivity index (χ0) is 15.3. The zero-order valence-corrected chi connectivity index (χ0v) is 14.1. The van der Waals surface area contributed by atoms with Crippen LogP contribution >= 0.6 is 0 Å². The van der Waals surface area contributed by atoms with Gasteiger partial charge < -0.3 is 18.9 Å². The molecule has 0 aliphatic rings. The van der Waals surface area contributed by atoms with Crippen molar-refractivity contribution in [2.24, 2.45) is 0 Å². The highest BCUT2D eigenvalue weighted by molar-refractivity contribution is 4.39. The van der Waals surface area contributed by atoms with Gasteiger partial charge in [0.25, 0.3) is 0 Å². The van der Waals surface area contributed by atoms with E-state index in [1.807, 2.05) is 55.4 Å². The number of hydrogen-bond donors (Lipinski definition) is 0. The molecule has 0 atom stereocenters. The molecule has 4 nitrogen and oxygen atoms in total. The van der Waals surface area contributed by atoms with Crippen LogP contribution in [-0.2, 0) is 18.9 Å². The Morgan fingerprint density at radius 3 is 0.947 bits per heavy atom. The Kier molecular flexibility index (Phi) is 15.9. The minimum absolute atomic E-state index is 0.267. The van der Waals surface area contributed by atoms with E-state index in [-0.39, 0.29) is 12.2 Å². The van der Waals surface area contributed by atoms with E-state index in [0.717, 1.165) is 0 Å². The fourth-order valence-corrected chi connectivity index (χ4v) is 0.879. The molecule has 0 aliphatic carbocycles. The van der Waals surface area contributed by atoms with Crippen molar-refractivity contribution in [1.82, 2.24) is 0 Å². The molecule has 0 saturated heterocycles. The van der Waals surface area contributed by atoms with Crippen molar-refractivity contribution < 1.29 is 18.9 Å². The molecule has 0 saturated carbocycles. The van der Waals surface area contributed by atoms with Gasteiger partial charge in [-0.05, 0) is 55.4 Å². The van der Waals surface area contributed by atoms with Gasteiger partial charge in [-0.2, -0.15) is 0 Å². The monoisotopic (exact) mass is 278 g/mol. The SMILES string of the molecule is CC(C)OCCOC(C)C.CC(C)OCOC(C)C. The van der Waals surface area contributed by atoms with Crippen LogP contribution in [0.4, 0.5) is 0 Å². The van der Waals surface area contributed by atoms with Crippen molar-refractivity contribution in [2.75, 3.05) is 20.0 Å². The molecule has 0 aromatic heterocycles. The second-order valence-electron chi connectivity index (χ2n) is 5.39. The molecule has 0 spiro atoms. The van der Waals surface area contributed by atoms with Crippen LogP contribution in [0.1, 0.15) is 55.4 Å². The summed E-state index contributed by atoms with van der Waals surface area (Å²) in [4.78, 5) is 0. The molecule has 19 heavy (non-hydrogen) atoms. The van der Waals surface area contributed by atoms with Crippen molar-refractivity contribution in [3.05, 3.63) is 0 Å². The van der Waals surface area contributed by atoms with E-state index in [1.54, 1.807) is 0 Å². The van der Waals surface area contributed by atoms with E-state index in [9.17, 15) is 0 Å². The lowest BCUT2D eigenvalue weighted by molar-refractivity contribution is -0.0994. The number of rotatable bonds is 9. The van der Waals surface area contributed by atoms with E-state index in [0.29, 0.717) is 32.2 Å². The summed E-state index contributed by atoms with van der Waals surface area (Å²) in [5.74, 6) is 0. The minimum Gasteiger partial charge on any atom is -0.376 e. The van der Waals surface area contributed by atoms with E-state index in [4.69, 9.17) is 18.9 Å². The van der Waals surface area contributed by atoms with Gasteiger partial charge in [0.2, 0.25) is 0 Å². The normalized spacial score (nSPS) is 11.4. The van der Waals surface area contributed by atoms with Gasteiger partial charge in [0.05, 0.1) is 37.6 Å². The summed E-state index contributed by atoms with van der Waals surface area (Å²) in [7, 11) is 0. The lowest BCUT2D eigenvalue weighted by atomic mass is 10.5. The van der Waals surface area contributed by atoms with Gasteiger partial charge in [-0.3, -0.25) is 0 Å². The molecule has 0 N–H and O–H groups in total. The molecule has 0 radical (unpaired) electrons. The van der Waals surface area contributed by atoms with Crippen LogP contribution in [0.5, 0.6) is 0 Å². The van der Waals surface area contributed by atoms with E-state index in [1.165, 1.54) is 0 Å². The Morgan fingerprint density at radius 2 is 0.737 bits per heavy atom. The maximum Gasteiger partial charge on any atom is 0.147 e. The summed E-state index contributed by atoms with van der Waals surface area (Å²) >= 11 is 0. The topological polar surface area (TPSA) is 36.9 Å². The molecule has 0 heterocycles. The summed E-state index contributed by atoms with van der Waals surface area (Å²) in [5, 5.41) is 0. The predicted molar refractivity (Wildman–Crippen MR) is 79.5 cm³/mol. The third kappa shape index (κ3) is 27.2. The molecule has 4 heteroatoms. The van der Waals surface area contributed by atoms with Gasteiger partial charge in [-0.15, -0.1) is 0 Å². The molecule has 118 valence electrons. The molecular weight excluding hydrogens is 244 g/mol. The molecule has 0 rings (SSSR count). The van der Waals surface area contributed by atoms with Gasteiger partial charge in [-0.1, -0.05) is 0 Å². The van der Waals surface area contributed by atoms with E-state index >= 15 is 0 Å². The predicted octanol–water partition coefficient (Wildman–Crippen LogP) is 3.63. The summed E-state index contributed by atoms with van der Waals surface area (Å²) < 4.78 is 20.8. The van der Waals surface area contributed by atoms with Gasteiger partial charge in [-0.25, -0.2) is 0 Å². The molecule has 0 amide bonds. The standard InChI is InChI=1S/C8H18O2.C7H16O2/c1-7(2)9-5-6-10-8(3)4;1-6(2)8-5-9-7(3)4/h7-8H,5-6H2,1-4H3;6-7H,5H2,1-4H3. The quantitative estimate of drug-likeness (QED) is 0.477. The largest absolute Gasteiger partial charge is 0.376 e. The Morgan fingerprint density at radius 1 is 0.474 bits per heavy atom. The first-order valence-electron chi connectivity index (χ1n) is 7.22. The van der Waals surface area contributed by atoms with E-state index < -0.39 is 0 Å². The molecule has 0 unspecified atom stereocenters. The zero-order valence-electron chi connectivity index (χ0n) is 14.1. The van der Waals surface area contributed by atoms with Crippen LogP contribution in [0.3, 0.4) is 0 Å². The van der Waals surface area contributed by atoms with Crippen LogP contribution < -0.4 is 0 Å². The van der Waals surface area contributed by atoms with E-state index in [2.05, 4.69) is 0 Å². The van der Waals surface area contributed by atoms with Crippen molar-refractivity contribution >= 4 is 0 Å². The summed E-state index contributed by atoms with van der Waals surface area (Å²) in [6.07, 6.45) is 1.17. The molecule has 0 aliphatic heterocycles. The fraction of sp³-hybridized carbons (Fsp3) is 1.00. The molecule has 0 bridgehead atoms.